The number of pyridine rings is 1. The van der Waals surface area contributed by atoms with Crippen molar-refractivity contribution in [1.82, 2.24) is 14.8 Å². The van der Waals surface area contributed by atoms with Crippen molar-refractivity contribution in [3.8, 4) is 0 Å². The molecule has 2 aliphatic rings. The summed E-state index contributed by atoms with van der Waals surface area (Å²) in [6.07, 6.45) is 8.86. The second-order valence-corrected chi connectivity index (χ2v) is 6.95. The van der Waals surface area contributed by atoms with Gasteiger partial charge in [0.2, 0.25) is 0 Å². The minimum atomic E-state index is 0.373. The van der Waals surface area contributed by atoms with E-state index >= 15 is 0 Å². The van der Waals surface area contributed by atoms with Crippen molar-refractivity contribution >= 4 is 0 Å². The van der Waals surface area contributed by atoms with Crippen molar-refractivity contribution in [2.24, 2.45) is 5.92 Å². The van der Waals surface area contributed by atoms with E-state index in [2.05, 4.69) is 33.0 Å². The summed E-state index contributed by atoms with van der Waals surface area (Å²) in [5.41, 5.74) is 2.59. The lowest BCUT2D eigenvalue weighted by Crippen LogP contribution is -2.50. The summed E-state index contributed by atoms with van der Waals surface area (Å²) >= 11 is 0. The van der Waals surface area contributed by atoms with Crippen molar-refractivity contribution in [2.75, 3.05) is 26.7 Å². The number of hydrogen-bond acceptors (Lipinski definition) is 5. The van der Waals surface area contributed by atoms with Gasteiger partial charge in [-0.2, -0.15) is 0 Å². The first-order valence-corrected chi connectivity index (χ1v) is 8.72. The monoisotopic (exact) mass is 327 g/mol. The van der Waals surface area contributed by atoms with E-state index in [4.69, 9.17) is 9.15 Å². The Morgan fingerprint density at radius 3 is 2.79 bits per heavy atom. The van der Waals surface area contributed by atoms with Crippen LogP contribution in [0.4, 0.5) is 0 Å². The molecule has 24 heavy (non-hydrogen) atoms. The van der Waals surface area contributed by atoms with Crippen LogP contribution in [0.1, 0.15) is 17.5 Å². The van der Waals surface area contributed by atoms with Gasteiger partial charge in [-0.1, -0.05) is 0 Å². The molecule has 0 unspecified atom stereocenters. The zero-order valence-electron chi connectivity index (χ0n) is 14.2. The van der Waals surface area contributed by atoms with Gasteiger partial charge in [-0.15, -0.1) is 0 Å². The number of rotatable bonds is 5. The van der Waals surface area contributed by atoms with E-state index in [9.17, 15) is 0 Å². The number of hydrogen-bond donors (Lipinski definition) is 0. The maximum absolute atomic E-state index is 5.81. The quantitative estimate of drug-likeness (QED) is 0.843. The summed E-state index contributed by atoms with van der Waals surface area (Å²) in [5, 5.41) is 0. The average molecular weight is 327 g/mol. The highest BCUT2D eigenvalue weighted by molar-refractivity contribution is 5.12. The molecule has 0 amide bonds. The SMILES string of the molecule is CO[C@@H]1CCN(Cc2ccoc2)[C@@H]2CN(Cc3ccncc3)C[C@@H]21. The van der Waals surface area contributed by atoms with E-state index in [0.717, 1.165) is 39.1 Å². The van der Waals surface area contributed by atoms with Crippen LogP contribution < -0.4 is 0 Å². The number of aromatic nitrogens is 1. The standard InChI is InChI=1S/C19H25N3O2/c1-23-19-4-8-22(11-16-5-9-24-14-16)18-13-21(12-17(18)19)10-15-2-6-20-7-3-15/h2-3,5-7,9,14,17-19H,4,8,10-13H2,1H3/t17-,18+,19+/m0/s1. The molecule has 0 bridgehead atoms. The average Bonchev–Trinajstić information content (AvgIpc) is 3.26. The summed E-state index contributed by atoms with van der Waals surface area (Å²) in [5.74, 6) is 0.581. The normalized spacial score (nSPS) is 28.1. The Bertz CT molecular complexity index is 631. The van der Waals surface area contributed by atoms with Gasteiger partial charge in [-0.05, 0) is 30.2 Å². The Kier molecular flexibility index (Phi) is 4.65. The maximum Gasteiger partial charge on any atom is 0.0947 e. The third-order valence-electron chi connectivity index (χ3n) is 5.48. The third-order valence-corrected chi connectivity index (χ3v) is 5.48. The van der Waals surface area contributed by atoms with Gasteiger partial charge in [0.1, 0.15) is 0 Å². The molecule has 2 aliphatic heterocycles. The molecule has 0 aliphatic carbocycles. The maximum atomic E-state index is 5.81. The first-order chi connectivity index (χ1) is 11.8. The molecule has 4 rings (SSSR count). The lowest BCUT2D eigenvalue weighted by atomic mass is 9.89. The summed E-state index contributed by atoms with van der Waals surface area (Å²) in [6.45, 7) is 5.26. The van der Waals surface area contributed by atoms with Gasteiger partial charge >= 0.3 is 0 Å². The van der Waals surface area contributed by atoms with Crippen LogP contribution in [0.2, 0.25) is 0 Å². The zero-order chi connectivity index (χ0) is 16.4. The van der Waals surface area contributed by atoms with Crippen molar-refractivity contribution in [3.63, 3.8) is 0 Å². The lowest BCUT2D eigenvalue weighted by molar-refractivity contribution is -0.0245. The summed E-state index contributed by atoms with van der Waals surface area (Å²) in [7, 11) is 1.86. The first kappa shape index (κ1) is 15.8. The highest BCUT2D eigenvalue weighted by Gasteiger charge is 2.44. The predicted octanol–water partition coefficient (Wildman–Crippen LogP) is 2.40. The van der Waals surface area contributed by atoms with Crippen LogP contribution in [-0.2, 0) is 17.8 Å². The van der Waals surface area contributed by atoms with E-state index in [1.54, 1.807) is 6.26 Å². The Labute approximate surface area is 143 Å². The van der Waals surface area contributed by atoms with Crippen LogP contribution in [0.5, 0.6) is 0 Å². The van der Waals surface area contributed by atoms with E-state index in [0.29, 0.717) is 18.1 Å². The van der Waals surface area contributed by atoms with E-state index < -0.39 is 0 Å². The molecule has 2 fully saturated rings. The second kappa shape index (κ2) is 7.05. The second-order valence-electron chi connectivity index (χ2n) is 6.95. The molecular weight excluding hydrogens is 302 g/mol. The summed E-state index contributed by atoms with van der Waals surface area (Å²) in [6, 6.07) is 6.85. The Morgan fingerprint density at radius 2 is 2.04 bits per heavy atom. The van der Waals surface area contributed by atoms with Crippen molar-refractivity contribution in [1.29, 1.82) is 0 Å². The Morgan fingerprint density at radius 1 is 1.17 bits per heavy atom. The van der Waals surface area contributed by atoms with E-state index in [-0.39, 0.29) is 0 Å². The van der Waals surface area contributed by atoms with Crippen LogP contribution in [-0.4, -0.2) is 53.7 Å². The fourth-order valence-corrected chi connectivity index (χ4v) is 4.30. The summed E-state index contributed by atoms with van der Waals surface area (Å²) in [4.78, 5) is 9.28. The number of fused-ring (bicyclic) bond motifs is 1. The first-order valence-electron chi connectivity index (χ1n) is 8.72. The molecule has 0 N–H and O–H groups in total. The van der Waals surface area contributed by atoms with E-state index in [1.165, 1.54) is 11.1 Å². The largest absolute Gasteiger partial charge is 0.472 e. The van der Waals surface area contributed by atoms with Gasteiger partial charge < -0.3 is 9.15 Å². The molecule has 5 heteroatoms. The molecule has 0 spiro atoms. The molecule has 128 valence electrons. The highest BCUT2D eigenvalue weighted by atomic mass is 16.5. The zero-order valence-corrected chi connectivity index (χ0v) is 14.2. The fourth-order valence-electron chi connectivity index (χ4n) is 4.30. The van der Waals surface area contributed by atoms with E-state index in [1.807, 2.05) is 25.8 Å². The molecule has 3 atom stereocenters. The Hall–Kier alpha value is -1.69. The van der Waals surface area contributed by atoms with Gasteiger partial charge in [0.25, 0.3) is 0 Å². The molecule has 4 heterocycles. The van der Waals surface area contributed by atoms with Gasteiger partial charge in [-0.3, -0.25) is 14.8 Å². The van der Waals surface area contributed by atoms with Crippen LogP contribution in [0.3, 0.4) is 0 Å². The van der Waals surface area contributed by atoms with Gasteiger partial charge in [-0.25, -0.2) is 0 Å². The molecule has 2 saturated heterocycles. The van der Waals surface area contributed by atoms with Crippen molar-refractivity contribution in [2.45, 2.75) is 31.7 Å². The summed E-state index contributed by atoms with van der Waals surface area (Å²) < 4.78 is 11.0. The van der Waals surface area contributed by atoms with Gasteiger partial charge in [0.05, 0.1) is 18.6 Å². The molecular formula is C19H25N3O2. The third kappa shape index (κ3) is 3.24. The molecule has 0 radical (unpaired) electrons. The van der Waals surface area contributed by atoms with Crippen LogP contribution in [0.25, 0.3) is 0 Å². The van der Waals surface area contributed by atoms with Crippen molar-refractivity contribution < 1.29 is 9.15 Å². The van der Waals surface area contributed by atoms with Crippen LogP contribution in [0, 0.1) is 5.92 Å². The molecule has 0 aromatic carbocycles. The number of ether oxygens (including phenoxy) is 1. The smallest absolute Gasteiger partial charge is 0.0947 e. The van der Waals surface area contributed by atoms with Crippen molar-refractivity contribution in [3.05, 3.63) is 54.2 Å². The molecule has 2 aromatic rings. The molecule has 0 saturated carbocycles. The molecule has 5 nitrogen and oxygen atoms in total. The molecule has 2 aromatic heterocycles. The number of methoxy groups -OCH3 is 1. The van der Waals surface area contributed by atoms with Gasteiger partial charge in [0, 0.05) is 69.8 Å². The van der Waals surface area contributed by atoms with Crippen LogP contribution in [0.15, 0.2) is 47.5 Å². The minimum Gasteiger partial charge on any atom is -0.472 e. The lowest BCUT2D eigenvalue weighted by Gasteiger charge is -2.41. The highest BCUT2D eigenvalue weighted by Crippen LogP contribution is 2.34. The predicted molar refractivity (Wildman–Crippen MR) is 91.3 cm³/mol. The number of likely N-dealkylation sites (tertiary alicyclic amines) is 2. The van der Waals surface area contributed by atoms with Gasteiger partial charge in [0.15, 0.2) is 0 Å². The van der Waals surface area contributed by atoms with Crippen LogP contribution >= 0.6 is 0 Å². The fraction of sp³-hybridized carbons (Fsp3) is 0.526. The number of nitrogens with zero attached hydrogens (tertiary/aromatic N) is 3. The number of furan rings is 1. The number of piperidine rings is 1. The minimum absolute atomic E-state index is 0.373. The topological polar surface area (TPSA) is 41.7 Å². The Balaban J connectivity index is 1.47.